The molecule has 1 N–H and O–H groups in total. The van der Waals surface area contributed by atoms with Gasteiger partial charge < -0.3 is 5.32 Å². The second kappa shape index (κ2) is 8.86. The van der Waals surface area contributed by atoms with Gasteiger partial charge in [0.2, 0.25) is 15.9 Å². The third-order valence-electron chi connectivity index (χ3n) is 4.44. The van der Waals surface area contributed by atoms with Crippen LogP contribution in [0.5, 0.6) is 0 Å². The van der Waals surface area contributed by atoms with E-state index in [0.717, 1.165) is 30.5 Å². The molecule has 1 amide bonds. The van der Waals surface area contributed by atoms with Crippen LogP contribution in [0.3, 0.4) is 0 Å². The molecule has 1 aliphatic rings. The van der Waals surface area contributed by atoms with E-state index in [1.54, 1.807) is 12.1 Å². The van der Waals surface area contributed by atoms with Crippen molar-refractivity contribution in [2.75, 3.05) is 24.2 Å². The van der Waals surface area contributed by atoms with Crippen LogP contribution < -0.4 is 5.32 Å². The molecule has 0 unspecified atom stereocenters. The van der Waals surface area contributed by atoms with Crippen molar-refractivity contribution in [1.82, 2.24) is 9.29 Å². The first kappa shape index (κ1) is 19.9. The average molecular weight is 406 g/mol. The molecular formula is C19H23N3O3S2. The Morgan fingerprint density at radius 2 is 1.93 bits per heavy atom. The number of anilines is 1. The van der Waals surface area contributed by atoms with Crippen LogP contribution in [0.25, 0.3) is 0 Å². The van der Waals surface area contributed by atoms with E-state index in [2.05, 4.69) is 10.3 Å². The van der Waals surface area contributed by atoms with Crippen molar-refractivity contribution in [3.05, 3.63) is 48.2 Å². The fourth-order valence-corrected chi connectivity index (χ4v) is 5.06. The molecule has 8 heteroatoms. The number of hydrogen-bond acceptors (Lipinski definition) is 5. The zero-order chi connectivity index (χ0) is 19.3. The van der Waals surface area contributed by atoms with E-state index in [1.165, 1.54) is 22.3 Å². The van der Waals surface area contributed by atoms with Crippen LogP contribution in [-0.2, 0) is 21.2 Å². The number of hydrogen-bond donors (Lipinski definition) is 1. The van der Waals surface area contributed by atoms with Gasteiger partial charge in [-0.15, -0.1) is 0 Å². The van der Waals surface area contributed by atoms with Gasteiger partial charge in [0.25, 0.3) is 0 Å². The SMILES string of the molecule is CCc1ccccc1NC(=O)CSc1ccc(S(=O)(=O)N2CCCC2)cn1. The van der Waals surface area contributed by atoms with Gasteiger partial charge in [-0.2, -0.15) is 4.31 Å². The summed E-state index contributed by atoms with van der Waals surface area (Å²) in [7, 11) is -3.45. The first-order valence-corrected chi connectivity index (χ1v) is 11.4. The molecule has 2 heterocycles. The van der Waals surface area contributed by atoms with Crippen LogP contribution in [0.1, 0.15) is 25.3 Å². The molecule has 1 aromatic heterocycles. The van der Waals surface area contributed by atoms with Gasteiger partial charge in [0.05, 0.1) is 10.8 Å². The Labute approximate surface area is 164 Å². The highest BCUT2D eigenvalue weighted by atomic mass is 32.2. The Hall–Kier alpha value is -1.90. The predicted molar refractivity (Wildman–Crippen MR) is 107 cm³/mol. The third kappa shape index (κ3) is 4.88. The van der Waals surface area contributed by atoms with Gasteiger partial charge in [0.1, 0.15) is 4.90 Å². The number of carbonyl (C=O) groups is 1. The lowest BCUT2D eigenvalue weighted by Crippen LogP contribution is -2.27. The number of carbonyl (C=O) groups excluding carboxylic acids is 1. The minimum Gasteiger partial charge on any atom is -0.325 e. The second-order valence-electron chi connectivity index (χ2n) is 6.29. The highest BCUT2D eigenvalue weighted by molar-refractivity contribution is 7.99. The van der Waals surface area contributed by atoms with Gasteiger partial charge >= 0.3 is 0 Å². The zero-order valence-electron chi connectivity index (χ0n) is 15.2. The maximum atomic E-state index is 12.5. The molecule has 1 saturated heterocycles. The molecule has 27 heavy (non-hydrogen) atoms. The van der Waals surface area contributed by atoms with Crippen LogP contribution in [0, 0.1) is 0 Å². The maximum Gasteiger partial charge on any atom is 0.244 e. The number of benzene rings is 1. The van der Waals surface area contributed by atoms with Crippen molar-refractivity contribution in [2.45, 2.75) is 36.1 Å². The van der Waals surface area contributed by atoms with Crippen molar-refractivity contribution in [3.63, 3.8) is 0 Å². The van der Waals surface area contributed by atoms with Crippen LogP contribution in [-0.4, -0.2) is 42.5 Å². The zero-order valence-corrected chi connectivity index (χ0v) is 16.9. The molecule has 2 aromatic rings. The van der Waals surface area contributed by atoms with Crippen LogP contribution in [0.15, 0.2) is 52.5 Å². The molecule has 0 spiro atoms. The Morgan fingerprint density at radius 1 is 1.19 bits per heavy atom. The van der Waals surface area contributed by atoms with Gasteiger partial charge in [0, 0.05) is 25.0 Å². The van der Waals surface area contributed by atoms with E-state index in [-0.39, 0.29) is 16.6 Å². The summed E-state index contributed by atoms with van der Waals surface area (Å²) in [6.45, 7) is 3.18. The predicted octanol–water partition coefficient (Wildman–Crippen LogP) is 3.16. The summed E-state index contributed by atoms with van der Waals surface area (Å²) in [4.78, 5) is 16.6. The summed E-state index contributed by atoms with van der Waals surface area (Å²) in [6.07, 6.45) is 4.02. The summed E-state index contributed by atoms with van der Waals surface area (Å²) in [5.74, 6) is 0.0972. The van der Waals surface area contributed by atoms with Crippen LogP contribution >= 0.6 is 11.8 Å². The van der Waals surface area contributed by atoms with Crippen molar-refractivity contribution in [1.29, 1.82) is 0 Å². The largest absolute Gasteiger partial charge is 0.325 e. The standard InChI is InChI=1S/C19H23N3O3S2/c1-2-15-7-3-4-8-17(15)21-18(23)14-26-19-10-9-16(13-20-19)27(24,25)22-11-5-6-12-22/h3-4,7-10,13H,2,5-6,11-12,14H2,1H3,(H,21,23). The number of amides is 1. The lowest BCUT2D eigenvalue weighted by atomic mass is 10.1. The summed E-state index contributed by atoms with van der Waals surface area (Å²) < 4.78 is 26.5. The molecule has 1 fully saturated rings. The van der Waals surface area contributed by atoms with Crippen molar-refractivity contribution >= 4 is 33.4 Å². The van der Waals surface area contributed by atoms with Gasteiger partial charge in [-0.1, -0.05) is 36.9 Å². The number of pyridine rings is 1. The van der Waals surface area contributed by atoms with E-state index < -0.39 is 10.0 Å². The smallest absolute Gasteiger partial charge is 0.244 e. The fourth-order valence-electron chi connectivity index (χ4n) is 2.96. The molecule has 0 atom stereocenters. The van der Waals surface area contributed by atoms with Crippen molar-refractivity contribution in [3.8, 4) is 0 Å². The molecule has 144 valence electrons. The highest BCUT2D eigenvalue weighted by Crippen LogP contribution is 2.23. The first-order valence-electron chi connectivity index (χ1n) is 8.97. The molecule has 0 aliphatic carbocycles. The Bertz CT molecular complexity index is 893. The fraction of sp³-hybridized carbons (Fsp3) is 0.368. The monoisotopic (exact) mass is 405 g/mol. The number of thioether (sulfide) groups is 1. The number of para-hydroxylation sites is 1. The van der Waals surface area contributed by atoms with E-state index >= 15 is 0 Å². The minimum absolute atomic E-state index is 0.114. The van der Waals surface area contributed by atoms with Gasteiger partial charge in [0.15, 0.2) is 0 Å². The Morgan fingerprint density at radius 3 is 2.59 bits per heavy atom. The summed E-state index contributed by atoms with van der Waals surface area (Å²) in [5.41, 5.74) is 1.91. The van der Waals surface area contributed by atoms with Gasteiger partial charge in [-0.25, -0.2) is 13.4 Å². The molecule has 0 bridgehead atoms. The molecule has 0 saturated carbocycles. The number of sulfonamides is 1. The average Bonchev–Trinajstić information content (AvgIpc) is 3.23. The number of rotatable bonds is 7. The first-order chi connectivity index (χ1) is 13.0. The topological polar surface area (TPSA) is 79.4 Å². The van der Waals surface area contributed by atoms with Gasteiger partial charge in [-0.3, -0.25) is 4.79 Å². The molecule has 3 rings (SSSR count). The van der Waals surface area contributed by atoms with E-state index in [1.807, 2.05) is 31.2 Å². The summed E-state index contributed by atoms with van der Waals surface area (Å²) in [5, 5.41) is 3.53. The highest BCUT2D eigenvalue weighted by Gasteiger charge is 2.27. The van der Waals surface area contributed by atoms with Crippen molar-refractivity contribution < 1.29 is 13.2 Å². The van der Waals surface area contributed by atoms with E-state index in [4.69, 9.17) is 0 Å². The second-order valence-corrected chi connectivity index (χ2v) is 9.22. The molecule has 6 nitrogen and oxygen atoms in total. The van der Waals surface area contributed by atoms with Crippen molar-refractivity contribution in [2.24, 2.45) is 0 Å². The normalized spacial score (nSPS) is 15.0. The lowest BCUT2D eigenvalue weighted by molar-refractivity contribution is -0.113. The number of aryl methyl sites for hydroxylation is 1. The molecule has 1 aromatic carbocycles. The van der Waals surface area contributed by atoms with Crippen LogP contribution in [0.4, 0.5) is 5.69 Å². The summed E-state index contributed by atoms with van der Waals surface area (Å²) in [6, 6.07) is 10.9. The van der Waals surface area contributed by atoms with E-state index in [9.17, 15) is 13.2 Å². The number of nitrogens with one attached hydrogen (secondary N) is 1. The summed E-state index contributed by atoms with van der Waals surface area (Å²) >= 11 is 1.28. The van der Waals surface area contributed by atoms with Gasteiger partial charge in [-0.05, 0) is 43.0 Å². The molecule has 1 aliphatic heterocycles. The Balaban J connectivity index is 1.58. The van der Waals surface area contributed by atoms with E-state index in [0.29, 0.717) is 18.1 Å². The maximum absolute atomic E-state index is 12.5. The Kier molecular flexibility index (Phi) is 6.51. The molecule has 0 radical (unpaired) electrons. The molecular weight excluding hydrogens is 382 g/mol. The third-order valence-corrected chi connectivity index (χ3v) is 7.26. The quantitative estimate of drug-likeness (QED) is 0.716. The number of aromatic nitrogens is 1. The minimum atomic E-state index is -3.45. The lowest BCUT2D eigenvalue weighted by Gasteiger charge is -2.15. The van der Waals surface area contributed by atoms with Crippen LogP contribution in [0.2, 0.25) is 0 Å². The number of nitrogens with zero attached hydrogens (tertiary/aromatic N) is 2.